The number of nitrogens with zero attached hydrogens (tertiary/aromatic N) is 3. The number of ether oxygens (including phenoxy) is 2. The van der Waals surface area contributed by atoms with Crippen LogP contribution in [0.5, 0.6) is 5.75 Å². The molecule has 0 fully saturated rings. The largest absolute Gasteiger partial charge is 0.494 e. The minimum atomic E-state index is -1.03. The molecule has 0 bridgehead atoms. The average Bonchev–Trinajstić information content (AvgIpc) is 3.20. The van der Waals surface area contributed by atoms with E-state index in [9.17, 15) is 9.59 Å². The van der Waals surface area contributed by atoms with Gasteiger partial charge in [0.25, 0.3) is 0 Å². The van der Waals surface area contributed by atoms with Gasteiger partial charge in [-0.2, -0.15) is 0 Å². The van der Waals surface area contributed by atoms with Crippen LogP contribution in [0.25, 0.3) is 11.0 Å². The topological polar surface area (TPSA) is 73.7 Å². The Kier molecular flexibility index (Phi) is 6.96. The summed E-state index contributed by atoms with van der Waals surface area (Å²) >= 11 is 0. The van der Waals surface area contributed by atoms with Gasteiger partial charge in [0.2, 0.25) is 11.9 Å². The lowest BCUT2D eigenvalue weighted by Gasteiger charge is -2.38. The Labute approximate surface area is 194 Å². The summed E-state index contributed by atoms with van der Waals surface area (Å²) < 4.78 is 13.3. The third-order valence-electron chi connectivity index (χ3n) is 6.01. The molecule has 7 heteroatoms. The SMILES string of the molecule is CCCCCN1C(=O)[C@@H](C(=O)OCC)[C@@H](c2ccccc2OCC)n2c1nc1ccccc12. The lowest BCUT2D eigenvalue weighted by atomic mass is 9.88. The predicted molar refractivity (Wildman–Crippen MR) is 127 cm³/mol. The van der Waals surface area contributed by atoms with Gasteiger partial charge >= 0.3 is 5.97 Å². The van der Waals surface area contributed by atoms with E-state index in [2.05, 4.69) is 6.92 Å². The number of benzene rings is 2. The van der Waals surface area contributed by atoms with Crippen molar-refractivity contribution in [2.24, 2.45) is 5.92 Å². The number of unbranched alkanes of at least 4 members (excludes halogenated alkanes) is 2. The molecule has 0 saturated heterocycles. The molecule has 4 rings (SSSR count). The average molecular weight is 450 g/mol. The summed E-state index contributed by atoms with van der Waals surface area (Å²) in [4.78, 5) is 33.6. The number of aromatic nitrogens is 2. The quantitative estimate of drug-likeness (QED) is 0.268. The third-order valence-corrected chi connectivity index (χ3v) is 6.01. The molecule has 7 nitrogen and oxygen atoms in total. The molecule has 1 aromatic heterocycles. The fourth-order valence-corrected chi connectivity index (χ4v) is 4.57. The zero-order chi connectivity index (χ0) is 23.4. The molecule has 174 valence electrons. The molecule has 0 unspecified atom stereocenters. The predicted octanol–water partition coefficient (Wildman–Crippen LogP) is 4.74. The van der Waals surface area contributed by atoms with Gasteiger partial charge in [0.15, 0.2) is 5.92 Å². The van der Waals surface area contributed by atoms with E-state index in [4.69, 9.17) is 14.5 Å². The maximum Gasteiger partial charge on any atom is 0.321 e. The second kappa shape index (κ2) is 10.1. The molecule has 1 aliphatic heterocycles. The van der Waals surface area contributed by atoms with Crippen molar-refractivity contribution in [3.05, 3.63) is 54.1 Å². The van der Waals surface area contributed by atoms with Crippen LogP contribution in [0.2, 0.25) is 0 Å². The number of hydrogen-bond donors (Lipinski definition) is 0. The maximum absolute atomic E-state index is 13.9. The summed E-state index contributed by atoms with van der Waals surface area (Å²) in [5.74, 6) is -0.617. The van der Waals surface area contributed by atoms with Crippen molar-refractivity contribution < 1.29 is 19.1 Å². The highest BCUT2D eigenvalue weighted by Gasteiger charge is 2.48. The molecule has 2 heterocycles. The minimum Gasteiger partial charge on any atom is -0.494 e. The van der Waals surface area contributed by atoms with Gasteiger partial charge in [-0.3, -0.25) is 14.5 Å². The van der Waals surface area contributed by atoms with Gasteiger partial charge in [-0.25, -0.2) is 4.98 Å². The van der Waals surface area contributed by atoms with E-state index in [1.807, 2.05) is 60.0 Å². The Balaban J connectivity index is 1.96. The first-order chi connectivity index (χ1) is 16.1. The number of carbonyl (C=O) groups is 2. The van der Waals surface area contributed by atoms with Crippen LogP contribution in [0.4, 0.5) is 5.95 Å². The van der Waals surface area contributed by atoms with Crippen LogP contribution < -0.4 is 9.64 Å². The van der Waals surface area contributed by atoms with Gasteiger partial charge in [0, 0.05) is 12.1 Å². The van der Waals surface area contributed by atoms with E-state index in [0.29, 0.717) is 24.8 Å². The van der Waals surface area contributed by atoms with E-state index in [-0.39, 0.29) is 12.5 Å². The summed E-state index contributed by atoms with van der Waals surface area (Å²) in [6.07, 6.45) is 2.86. The number of hydrogen-bond acceptors (Lipinski definition) is 5. The first-order valence-electron chi connectivity index (χ1n) is 11.8. The Hall–Kier alpha value is -3.35. The van der Waals surface area contributed by atoms with Gasteiger partial charge < -0.3 is 14.0 Å². The van der Waals surface area contributed by atoms with Crippen LogP contribution in [0.1, 0.15) is 51.6 Å². The highest BCUT2D eigenvalue weighted by molar-refractivity contribution is 6.08. The van der Waals surface area contributed by atoms with E-state index in [1.165, 1.54) is 0 Å². The van der Waals surface area contributed by atoms with Crippen LogP contribution in [0, 0.1) is 5.92 Å². The number of rotatable bonds is 9. The molecule has 0 N–H and O–H groups in total. The fraction of sp³-hybridized carbons (Fsp3) is 0.423. The standard InChI is InChI=1S/C26H31N3O4/c1-4-7-12-17-28-24(30)22(25(31)33-6-3)23(18-13-8-11-16-21(18)32-5-2)29-20-15-10-9-14-19(20)27-26(28)29/h8-11,13-16,22-23H,4-7,12,17H2,1-3H3/t22-,23+/m0/s1. The molecule has 0 saturated carbocycles. The maximum atomic E-state index is 13.9. The van der Waals surface area contributed by atoms with Crippen LogP contribution in [0.15, 0.2) is 48.5 Å². The number of para-hydroxylation sites is 3. The van der Waals surface area contributed by atoms with Crippen molar-refractivity contribution >= 4 is 28.9 Å². The normalized spacial score (nSPS) is 17.8. The highest BCUT2D eigenvalue weighted by Crippen LogP contribution is 2.43. The van der Waals surface area contributed by atoms with Gasteiger partial charge in [-0.15, -0.1) is 0 Å². The van der Waals surface area contributed by atoms with Crippen molar-refractivity contribution in [2.75, 3.05) is 24.7 Å². The van der Waals surface area contributed by atoms with E-state index in [0.717, 1.165) is 35.9 Å². The lowest BCUT2D eigenvalue weighted by Crippen LogP contribution is -2.50. The van der Waals surface area contributed by atoms with Gasteiger partial charge in [0.1, 0.15) is 5.75 Å². The monoisotopic (exact) mass is 449 g/mol. The van der Waals surface area contributed by atoms with Crippen LogP contribution in [-0.2, 0) is 14.3 Å². The van der Waals surface area contributed by atoms with E-state index < -0.39 is 17.9 Å². The van der Waals surface area contributed by atoms with E-state index in [1.54, 1.807) is 11.8 Å². The second-order valence-corrected chi connectivity index (χ2v) is 8.11. The Bertz CT molecular complexity index is 1140. The van der Waals surface area contributed by atoms with Crippen LogP contribution in [0.3, 0.4) is 0 Å². The number of carbonyl (C=O) groups excluding carboxylic acids is 2. The fourth-order valence-electron chi connectivity index (χ4n) is 4.57. The zero-order valence-corrected chi connectivity index (χ0v) is 19.5. The Morgan fingerprint density at radius 2 is 1.76 bits per heavy atom. The molecule has 0 aliphatic carbocycles. The molecule has 0 spiro atoms. The number of amides is 1. The van der Waals surface area contributed by atoms with Gasteiger partial charge in [-0.05, 0) is 38.5 Å². The lowest BCUT2D eigenvalue weighted by molar-refractivity contribution is -0.153. The third kappa shape index (κ3) is 4.19. The van der Waals surface area contributed by atoms with Crippen LogP contribution in [-0.4, -0.2) is 41.2 Å². The molecule has 33 heavy (non-hydrogen) atoms. The first-order valence-corrected chi connectivity index (χ1v) is 11.8. The minimum absolute atomic E-state index is 0.204. The molecule has 2 aromatic carbocycles. The Morgan fingerprint density at radius 3 is 2.52 bits per heavy atom. The molecule has 3 aromatic rings. The molecular formula is C26H31N3O4. The van der Waals surface area contributed by atoms with Crippen LogP contribution >= 0.6 is 0 Å². The van der Waals surface area contributed by atoms with Crippen molar-refractivity contribution in [3.63, 3.8) is 0 Å². The number of esters is 1. The summed E-state index contributed by atoms with van der Waals surface area (Å²) in [6.45, 7) is 6.98. The number of anilines is 1. The van der Waals surface area contributed by atoms with E-state index >= 15 is 0 Å². The van der Waals surface area contributed by atoms with Gasteiger partial charge in [0.05, 0.1) is 30.3 Å². The second-order valence-electron chi connectivity index (χ2n) is 8.11. The molecule has 1 amide bonds. The molecule has 2 atom stereocenters. The van der Waals surface area contributed by atoms with Crippen molar-refractivity contribution in [1.29, 1.82) is 0 Å². The Morgan fingerprint density at radius 1 is 1.00 bits per heavy atom. The van der Waals surface area contributed by atoms with Crippen molar-refractivity contribution in [2.45, 2.75) is 46.1 Å². The summed E-state index contributed by atoms with van der Waals surface area (Å²) in [7, 11) is 0. The summed E-state index contributed by atoms with van der Waals surface area (Å²) in [5, 5.41) is 0. The van der Waals surface area contributed by atoms with Gasteiger partial charge in [-0.1, -0.05) is 50.1 Å². The molecule has 0 radical (unpaired) electrons. The van der Waals surface area contributed by atoms with Crippen molar-refractivity contribution in [1.82, 2.24) is 9.55 Å². The number of imidazole rings is 1. The zero-order valence-electron chi connectivity index (χ0n) is 19.5. The molecular weight excluding hydrogens is 418 g/mol. The first kappa shape index (κ1) is 22.8. The molecule has 1 aliphatic rings. The highest BCUT2D eigenvalue weighted by atomic mass is 16.5. The smallest absolute Gasteiger partial charge is 0.321 e. The van der Waals surface area contributed by atoms with Crippen molar-refractivity contribution in [3.8, 4) is 5.75 Å². The summed E-state index contributed by atoms with van der Waals surface area (Å²) in [6, 6.07) is 14.7. The number of fused-ring (bicyclic) bond motifs is 3. The summed E-state index contributed by atoms with van der Waals surface area (Å²) in [5.41, 5.74) is 2.42.